The first-order valence-electron chi connectivity index (χ1n) is 5.27. The Hall–Kier alpha value is -0.920. The van der Waals surface area contributed by atoms with Gasteiger partial charge in [-0.25, -0.2) is 5.10 Å². The van der Waals surface area contributed by atoms with E-state index in [0.717, 1.165) is 6.42 Å². The largest absolute Gasteiger partial charge is 0.380 e. The van der Waals surface area contributed by atoms with E-state index in [1.165, 1.54) is 0 Å². The van der Waals surface area contributed by atoms with E-state index in [1.54, 1.807) is 13.3 Å². The number of hydrogen-bond acceptors (Lipinski definition) is 5. The second kappa shape index (κ2) is 5.16. The zero-order valence-electron chi connectivity index (χ0n) is 9.46. The number of ether oxygens (including phenoxy) is 2. The van der Waals surface area contributed by atoms with Gasteiger partial charge in [-0.3, -0.25) is 4.79 Å². The number of rotatable bonds is 4. The molecule has 0 aliphatic carbocycles. The maximum atomic E-state index is 11.3. The summed E-state index contributed by atoms with van der Waals surface area (Å²) in [6.45, 7) is 1.84. The van der Waals surface area contributed by atoms with Gasteiger partial charge in [-0.05, 0) is 15.9 Å². The van der Waals surface area contributed by atoms with Crippen LogP contribution in [-0.4, -0.2) is 42.7 Å². The third-order valence-corrected chi connectivity index (χ3v) is 3.68. The van der Waals surface area contributed by atoms with Crippen molar-refractivity contribution in [2.24, 2.45) is 0 Å². The predicted molar refractivity (Wildman–Crippen MR) is 66.2 cm³/mol. The van der Waals surface area contributed by atoms with Crippen LogP contribution in [0.1, 0.15) is 6.42 Å². The molecule has 0 bridgehead atoms. The van der Waals surface area contributed by atoms with Crippen LogP contribution in [0.5, 0.6) is 0 Å². The van der Waals surface area contributed by atoms with Crippen molar-refractivity contribution < 1.29 is 9.47 Å². The summed E-state index contributed by atoms with van der Waals surface area (Å²) in [5.74, 6) is 0. The number of methoxy groups -OCH3 is 1. The number of nitrogens with one attached hydrogen (secondary N) is 2. The predicted octanol–water partition coefficient (Wildman–Crippen LogP) is 0.750. The fraction of sp³-hybridized carbons (Fsp3) is 0.600. The van der Waals surface area contributed by atoms with E-state index in [0.29, 0.717) is 29.9 Å². The van der Waals surface area contributed by atoms with Crippen LogP contribution in [-0.2, 0) is 9.47 Å². The molecule has 2 rings (SSSR count). The van der Waals surface area contributed by atoms with Gasteiger partial charge in [0.25, 0.3) is 5.56 Å². The van der Waals surface area contributed by atoms with Gasteiger partial charge in [-0.2, -0.15) is 5.10 Å². The van der Waals surface area contributed by atoms with Crippen LogP contribution in [0.2, 0.25) is 0 Å². The van der Waals surface area contributed by atoms with Gasteiger partial charge in [-0.15, -0.1) is 0 Å². The lowest BCUT2D eigenvalue weighted by Crippen LogP contribution is -2.39. The molecular weight excluding hydrogens is 290 g/mol. The van der Waals surface area contributed by atoms with E-state index in [9.17, 15) is 4.79 Å². The number of aromatic amines is 1. The summed E-state index contributed by atoms with van der Waals surface area (Å²) < 4.78 is 11.3. The quantitative estimate of drug-likeness (QED) is 0.858. The van der Waals surface area contributed by atoms with Crippen molar-refractivity contribution in [3.63, 3.8) is 0 Å². The molecule has 1 fully saturated rings. The summed E-state index contributed by atoms with van der Waals surface area (Å²) in [7, 11) is 1.67. The van der Waals surface area contributed by atoms with Crippen LogP contribution in [0.15, 0.2) is 15.5 Å². The molecular formula is C10H14BrN3O3. The maximum Gasteiger partial charge on any atom is 0.280 e. The third-order valence-electron chi connectivity index (χ3n) is 2.90. The lowest BCUT2D eigenvalue weighted by atomic mass is 10.0. The Kier molecular flexibility index (Phi) is 3.80. The molecule has 0 saturated carbocycles. The van der Waals surface area contributed by atoms with Crippen molar-refractivity contribution in [3.8, 4) is 0 Å². The highest BCUT2D eigenvalue weighted by Gasteiger charge is 2.34. The lowest BCUT2D eigenvalue weighted by Gasteiger charge is -2.26. The van der Waals surface area contributed by atoms with E-state index in [1.807, 2.05) is 0 Å². The summed E-state index contributed by atoms with van der Waals surface area (Å²) in [5, 5.41) is 9.23. The van der Waals surface area contributed by atoms with Crippen LogP contribution in [0.25, 0.3) is 0 Å². The molecule has 94 valence electrons. The highest BCUT2D eigenvalue weighted by Crippen LogP contribution is 2.24. The minimum absolute atomic E-state index is 0.260. The van der Waals surface area contributed by atoms with E-state index in [2.05, 4.69) is 31.4 Å². The van der Waals surface area contributed by atoms with E-state index in [4.69, 9.17) is 9.47 Å². The van der Waals surface area contributed by atoms with Crippen molar-refractivity contribution in [3.05, 3.63) is 21.0 Å². The number of nitrogens with zero attached hydrogens (tertiary/aromatic N) is 1. The highest BCUT2D eigenvalue weighted by atomic mass is 79.9. The molecule has 1 aliphatic heterocycles. The Morgan fingerprint density at radius 1 is 1.76 bits per heavy atom. The van der Waals surface area contributed by atoms with Gasteiger partial charge in [0.2, 0.25) is 0 Å². The van der Waals surface area contributed by atoms with Gasteiger partial charge in [-0.1, -0.05) is 0 Å². The molecule has 1 aliphatic rings. The molecule has 1 unspecified atom stereocenters. The first kappa shape index (κ1) is 12.5. The zero-order chi connectivity index (χ0) is 12.3. The highest BCUT2D eigenvalue weighted by molar-refractivity contribution is 9.10. The minimum atomic E-state index is -0.317. The van der Waals surface area contributed by atoms with Crippen molar-refractivity contribution in [1.82, 2.24) is 10.2 Å². The van der Waals surface area contributed by atoms with Crippen molar-refractivity contribution in [2.45, 2.75) is 12.0 Å². The lowest BCUT2D eigenvalue weighted by molar-refractivity contribution is -0.00621. The summed E-state index contributed by atoms with van der Waals surface area (Å²) >= 11 is 3.21. The van der Waals surface area contributed by atoms with Gasteiger partial charge in [0, 0.05) is 26.7 Å². The molecule has 7 heteroatoms. The van der Waals surface area contributed by atoms with E-state index in [-0.39, 0.29) is 11.2 Å². The molecule has 0 radical (unpaired) electrons. The number of hydrogen-bond donors (Lipinski definition) is 2. The molecule has 0 spiro atoms. The number of H-pyrrole nitrogens is 1. The average Bonchev–Trinajstić information content (AvgIpc) is 2.81. The van der Waals surface area contributed by atoms with Crippen LogP contribution in [0, 0.1) is 0 Å². The van der Waals surface area contributed by atoms with Gasteiger partial charge in [0.05, 0.1) is 18.5 Å². The number of aromatic nitrogens is 2. The SMILES string of the molecule is COC1(CNc2cn[nH]c(=O)c2Br)CCOC1. The van der Waals surface area contributed by atoms with E-state index >= 15 is 0 Å². The number of anilines is 1. The van der Waals surface area contributed by atoms with Crippen molar-refractivity contribution in [1.29, 1.82) is 0 Å². The Balaban J connectivity index is 2.06. The van der Waals surface area contributed by atoms with Crippen LogP contribution in [0.3, 0.4) is 0 Å². The molecule has 2 heterocycles. The van der Waals surface area contributed by atoms with Crippen LogP contribution < -0.4 is 10.9 Å². The van der Waals surface area contributed by atoms with E-state index < -0.39 is 0 Å². The standard InChI is InChI=1S/C10H14BrN3O3/c1-16-10(2-3-17-6-10)5-12-7-4-13-14-9(15)8(7)11/h4H,2-3,5-6H2,1H3,(H2,12,14,15). The fourth-order valence-corrected chi connectivity index (χ4v) is 2.06. The molecule has 17 heavy (non-hydrogen) atoms. The minimum Gasteiger partial charge on any atom is -0.380 e. The smallest absolute Gasteiger partial charge is 0.280 e. The summed E-state index contributed by atoms with van der Waals surface area (Å²) in [4.78, 5) is 11.3. The summed E-state index contributed by atoms with van der Waals surface area (Å²) in [6.07, 6.45) is 2.40. The van der Waals surface area contributed by atoms with Crippen LogP contribution >= 0.6 is 15.9 Å². The Morgan fingerprint density at radius 3 is 3.24 bits per heavy atom. The molecule has 0 amide bonds. The first-order valence-corrected chi connectivity index (χ1v) is 6.06. The second-order valence-corrected chi connectivity index (χ2v) is 4.76. The van der Waals surface area contributed by atoms with Crippen molar-refractivity contribution >= 4 is 21.6 Å². The Bertz CT molecular complexity index is 443. The molecule has 6 nitrogen and oxygen atoms in total. The van der Waals surface area contributed by atoms with Gasteiger partial charge >= 0.3 is 0 Å². The summed E-state index contributed by atoms with van der Waals surface area (Å²) in [6, 6.07) is 0. The second-order valence-electron chi connectivity index (χ2n) is 3.97. The fourth-order valence-electron chi connectivity index (χ4n) is 1.72. The normalized spacial score (nSPS) is 23.9. The molecule has 2 N–H and O–H groups in total. The molecule has 0 aromatic carbocycles. The monoisotopic (exact) mass is 303 g/mol. The summed E-state index contributed by atoms with van der Waals surface area (Å²) in [5.41, 5.74) is 0.0726. The van der Waals surface area contributed by atoms with Crippen molar-refractivity contribution in [2.75, 3.05) is 32.2 Å². The zero-order valence-corrected chi connectivity index (χ0v) is 11.0. The first-order chi connectivity index (χ1) is 8.17. The van der Waals surface area contributed by atoms with Crippen LogP contribution in [0.4, 0.5) is 5.69 Å². The van der Waals surface area contributed by atoms with Gasteiger partial charge < -0.3 is 14.8 Å². The third kappa shape index (κ3) is 2.67. The number of halogens is 1. The van der Waals surface area contributed by atoms with Gasteiger partial charge in [0.15, 0.2) is 0 Å². The average molecular weight is 304 g/mol. The Morgan fingerprint density at radius 2 is 2.59 bits per heavy atom. The Labute approximate surface area is 107 Å². The van der Waals surface area contributed by atoms with Gasteiger partial charge in [0.1, 0.15) is 10.1 Å². The topological polar surface area (TPSA) is 76.2 Å². The molecule has 1 aromatic heterocycles. The molecule has 1 saturated heterocycles. The maximum absolute atomic E-state index is 11.3. The molecule has 1 aromatic rings. The molecule has 1 atom stereocenters.